The van der Waals surface area contributed by atoms with Crippen LogP contribution in [0.25, 0.3) is 11.4 Å². The summed E-state index contributed by atoms with van der Waals surface area (Å²) < 4.78 is 26.3. The summed E-state index contributed by atoms with van der Waals surface area (Å²) in [6, 6.07) is 22.0. The number of carbonyl (C=O) groups is 1. The Hall–Kier alpha value is -4.18. The van der Waals surface area contributed by atoms with E-state index in [2.05, 4.69) is 32.4 Å². The van der Waals surface area contributed by atoms with Crippen molar-refractivity contribution >= 4 is 28.7 Å². The Morgan fingerprint density at radius 1 is 0.974 bits per heavy atom. The molecule has 8 nitrogen and oxygen atoms in total. The molecule has 1 aliphatic rings. The molecule has 0 saturated carbocycles. The molecule has 2 N–H and O–H groups in total. The number of hydrogen-bond donors (Lipinski definition) is 2. The van der Waals surface area contributed by atoms with Crippen molar-refractivity contribution < 1.29 is 18.5 Å². The van der Waals surface area contributed by atoms with Crippen LogP contribution in [0, 0.1) is 5.82 Å². The van der Waals surface area contributed by atoms with Gasteiger partial charge in [-0.3, -0.25) is 4.21 Å². The smallest absolute Gasteiger partial charge is 0.327 e. The van der Waals surface area contributed by atoms with Gasteiger partial charge in [0.15, 0.2) is 5.82 Å². The van der Waals surface area contributed by atoms with Gasteiger partial charge in [-0.25, -0.2) is 9.18 Å². The minimum Gasteiger partial charge on any atom is -0.480 e. The third kappa shape index (κ3) is 6.20. The zero-order valence-corrected chi connectivity index (χ0v) is 21.3. The Bertz CT molecular complexity index is 1450. The first kappa shape index (κ1) is 25.5. The van der Waals surface area contributed by atoms with Gasteiger partial charge in [-0.15, -0.1) is 0 Å². The van der Waals surface area contributed by atoms with Gasteiger partial charge in [0.25, 0.3) is 0 Å². The van der Waals surface area contributed by atoms with Gasteiger partial charge in [0.05, 0.1) is 5.75 Å². The molecule has 0 bridgehead atoms. The molecule has 0 spiro atoms. The molecular formula is C28H26FN5O3S. The van der Waals surface area contributed by atoms with Crippen molar-refractivity contribution in [2.75, 3.05) is 22.5 Å². The van der Waals surface area contributed by atoms with Gasteiger partial charge in [0, 0.05) is 35.2 Å². The summed E-state index contributed by atoms with van der Waals surface area (Å²) in [4.78, 5) is 27.7. The molecule has 3 aromatic carbocycles. The number of aromatic nitrogens is 3. The molecule has 10 heteroatoms. The summed E-state index contributed by atoms with van der Waals surface area (Å²) in [5.41, 5.74) is 3.86. The number of anilines is 2. The normalized spacial score (nSPS) is 14.4. The zero-order chi connectivity index (χ0) is 26.5. The summed E-state index contributed by atoms with van der Waals surface area (Å²) >= 11 is 0. The highest BCUT2D eigenvalue weighted by Gasteiger charge is 2.25. The van der Waals surface area contributed by atoms with Crippen LogP contribution in [0.4, 0.5) is 16.3 Å². The van der Waals surface area contributed by atoms with Crippen molar-refractivity contribution in [1.82, 2.24) is 15.0 Å². The largest absolute Gasteiger partial charge is 0.480 e. The SMILES string of the molecule is O=C(O)C(C[S@](=O)Cc1ccccc1)Nc1nc(-c2ccc(F)cc2)nc(N2CCc3ccccc3C2)n1. The number of nitrogens with one attached hydrogen (secondary N) is 1. The van der Waals surface area contributed by atoms with Crippen LogP contribution in [0.2, 0.25) is 0 Å². The molecule has 1 unspecified atom stereocenters. The number of rotatable bonds is 9. The molecule has 1 aromatic heterocycles. The third-order valence-electron chi connectivity index (χ3n) is 6.26. The second-order valence-corrected chi connectivity index (χ2v) is 10.5. The lowest BCUT2D eigenvalue weighted by molar-refractivity contribution is -0.137. The van der Waals surface area contributed by atoms with E-state index in [4.69, 9.17) is 0 Å². The number of fused-ring (bicyclic) bond motifs is 1. The van der Waals surface area contributed by atoms with Gasteiger partial charge in [-0.1, -0.05) is 54.6 Å². The van der Waals surface area contributed by atoms with Crippen molar-refractivity contribution in [2.45, 2.75) is 24.8 Å². The minimum atomic E-state index is -1.44. The quantitative estimate of drug-likeness (QED) is 0.333. The predicted molar refractivity (Wildman–Crippen MR) is 145 cm³/mol. The van der Waals surface area contributed by atoms with Crippen molar-refractivity contribution in [3.8, 4) is 11.4 Å². The van der Waals surface area contributed by atoms with E-state index >= 15 is 0 Å². The Balaban J connectivity index is 1.43. The van der Waals surface area contributed by atoms with Crippen LogP contribution >= 0.6 is 0 Å². The van der Waals surface area contributed by atoms with Crippen molar-refractivity contribution in [3.63, 3.8) is 0 Å². The molecule has 0 radical (unpaired) electrons. The number of nitrogens with zero attached hydrogens (tertiary/aromatic N) is 4. The summed E-state index contributed by atoms with van der Waals surface area (Å²) in [6.45, 7) is 1.26. The second kappa shape index (κ2) is 11.5. The molecule has 2 atom stereocenters. The van der Waals surface area contributed by atoms with Crippen molar-refractivity contribution in [2.24, 2.45) is 0 Å². The van der Waals surface area contributed by atoms with E-state index in [-0.39, 0.29) is 29.1 Å². The van der Waals surface area contributed by atoms with Crippen LogP contribution in [0.3, 0.4) is 0 Å². The maximum Gasteiger partial charge on any atom is 0.327 e. The fourth-order valence-corrected chi connectivity index (χ4v) is 5.58. The lowest BCUT2D eigenvalue weighted by Gasteiger charge is -2.29. The number of carboxylic acids is 1. The van der Waals surface area contributed by atoms with E-state index in [0.717, 1.165) is 17.5 Å². The Labute approximate surface area is 222 Å². The maximum atomic E-state index is 13.6. The average Bonchev–Trinajstić information content (AvgIpc) is 2.93. The minimum absolute atomic E-state index is 0.0531. The second-order valence-electron chi connectivity index (χ2n) is 9.00. The van der Waals surface area contributed by atoms with E-state index in [1.54, 1.807) is 12.1 Å². The van der Waals surface area contributed by atoms with Gasteiger partial charge < -0.3 is 15.3 Å². The van der Waals surface area contributed by atoms with E-state index < -0.39 is 22.8 Å². The number of carboxylic acid groups (broad SMARTS) is 1. The monoisotopic (exact) mass is 531 g/mol. The van der Waals surface area contributed by atoms with E-state index in [0.29, 0.717) is 24.6 Å². The van der Waals surface area contributed by atoms with E-state index in [1.165, 1.54) is 17.7 Å². The van der Waals surface area contributed by atoms with Gasteiger partial charge in [-0.2, -0.15) is 15.0 Å². The van der Waals surface area contributed by atoms with Crippen molar-refractivity contribution in [3.05, 3.63) is 101 Å². The molecule has 0 saturated heterocycles. The van der Waals surface area contributed by atoms with Gasteiger partial charge in [-0.05, 0) is 47.4 Å². The highest BCUT2D eigenvalue weighted by Crippen LogP contribution is 2.25. The molecule has 38 heavy (non-hydrogen) atoms. The first-order valence-electron chi connectivity index (χ1n) is 12.2. The maximum absolute atomic E-state index is 13.6. The van der Waals surface area contributed by atoms with Crippen molar-refractivity contribution in [1.29, 1.82) is 0 Å². The molecule has 0 aliphatic carbocycles. The van der Waals surface area contributed by atoms with Gasteiger partial charge in [0.2, 0.25) is 11.9 Å². The number of aliphatic carboxylic acids is 1. The number of benzene rings is 3. The highest BCUT2D eigenvalue weighted by atomic mass is 32.2. The molecule has 0 amide bonds. The fraction of sp³-hybridized carbons (Fsp3) is 0.214. The van der Waals surface area contributed by atoms with Gasteiger partial charge in [0.1, 0.15) is 11.9 Å². The average molecular weight is 532 g/mol. The van der Waals surface area contributed by atoms with Crippen LogP contribution in [0.5, 0.6) is 0 Å². The third-order valence-corrected chi connectivity index (χ3v) is 7.62. The summed E-state index contributed by atoms with van der Waals surface area (Å²) in [5, 5.41) is 12.7. The molecule has 4 aromatic rings. The lowest BCUT2D eigenvalue weighted by Crippen LogP contribution is -2.36. The number of halogens is 1. The molecule has 5 rings (SSSR count). The molecular weight excluding hydrogens is 505 g/mol. The molecule has 0 fully saturated rings. The fourth-order valence-electron chi connectivity index (χ4n) is 4.30. The summed E-state index contributed by atoms with van der Waals surface area (Å²) in [5.74, 6) is -0.727. The van der Waals surface area contributed by atoms with Crippen LogP contribution in [-0.4, -0.2) is 48.6 Å². The van der Waals surface area contributed by atoms with Crippen LogP contribution in [0.1, 0.15) is 16.7 Å². The first-order valence-corrected chi connectivity index (χ1v) is 13.7. The Kier molecular flexibility index (Phi) is 7.69. The summed E-state index contributed by atoms with van der Waals surface area (Å²) in [7, 11) is -1.44. The first-order chi connectivity index (χ1) is 18.4. The Morgan fingerprint density at radius 2 is 1.68 bits per heavy atom. The molecule has 1 aliphatic heterocycles. The van der Waals surface area contributed by atoms with E-state index in [1.807, 2.05) is 47.4 Å². The van der Waals surface area contributed by atoms with Crippen LogP contribution in [0.15, 0.2) is 78.9 Å². The zero-order valence-electron chi connectivity index (χ0n) is 20.5. The molecule has 2 heterocycles. The van der Waals surface area contributed by atoms with Crippen LogP contribution in [-0.2, 0) is 34.3 Å². The lowest BCUT2D eigenvalue weighted by atomic mass is 10.0. The molecule has 194 valence electrons. The standard InChI is InChI=1S/C28H26FN5O3S/c29-23-12-10-21(11-13-23)25-31-27(30-24(26(35)36)18-38(37)17-19-6-2-1-3-7-19)33-28(32-25)34-15-14-20-8-4-5-9-22(20)16-34/h1-13,24H,14-18H2,(H,35,36)(H,30,31,32,33)/t24?,38-/m1/s1. The predicted octanol–water partition coefficient (Wildman–Crippen LogP) is 4.05. The van der Waals surface area contributed by atoms with Gasteiger partial charge >= 0.3 is 5.97 Å². The summed E-state index contributed by atoms with van der Waals surface area (Å²) in [6.07, 6.45) is 0.812. The Morgan fingerprint density at radius 3 is 2.42 bits per heavy atom. The topological polar surface area (TPSA) is 108 Å². The number of hydrogen-bond acceptors (Lipinski definition) is 7. The highest BCUT2D eigenvalue weighted by molar-refractivity contribution is 7.84. The van der Waals surface area contributed by atoms with Crippen LogP contribution < -0.4 is 10.2 Å². The van der Waals surface area contributed by atoms with E-state index in [9.17, 15) is 18.5 Å².